The number of carbonyl (C=O) groups excluding carboxylic acids is 3. The number of rotatable bonds is 5. The number of nitrogens with zero attached hydrogens (tertiary/aromatic N) is 1. The Labute approximate surface area is 219 Å². The van der Waals surface area contributed by atoms with Crippen LogP contribution < -0.4 is 15.0 Å². The van der Waals surface area contributed by atoms with Crippen LogP contribution in [0.25, 0.3) is 16.8 Å². The van der Waals surface area contributed by atoms with E-state index in [1.165, 1.54) is 12.1 Å². The van der Waals surface area contributed by atoms with Crippen LogP contribution in [-0.4, -0.2) is 17.8 Å². The van der Waals surface area contributed by atoms with E-state index < -0.39 is 17.8 Å². The van der Waals surface area contributed by atoms with E-state index in [1.807, 2.05) is 12.1 Å². The quantitative estimate of drug-likeness (QED) is 0.250. The molecule has 0 aromatic heterocycles. The van der Waals surface area contributed by atoms with Gasteiger partial charge in [0.1, 0.15) is 17.9 Å². The zero-order valence-corrected chi connectivity index (χ0v) is 21.0. The first-order valence-corrected chi connectivity index (χ1v) is 12.1. The molecule has 0 unspecified atom stereocenters. The zero-order valence-electron chi connectivity index (χ0n) is 20.2. The molecule has 0 saturated carbocycles. The number of benzene rings is 4. The zero-order chi connectivity index (χ0) is 26.1. The smallest absolute Gasteiger partial charge is 0.335 e. The molecule has 0 bridgehead atoms. The summed E-state index contributed by atoms with van der Waals surface area (Å²) in [6.07, 6.45) is 1.45. The Kier molecular flexibility index (Phi) is 6.51. The van der Waals surface area contributed by atoms with Crippen molar-refractivity contribution in [3.63, 3.8) is 0 Å². The van der Waals surface area contributed by atoms with Gasteiger partial charge in [-0.2, -0.15) is 0 Å². The number of halogens is 1. The fourth-order valence-corrected chi connectivity index (χ4v) is 4.49. The Morgan fingerprint density at radius 1 is 0.892 bits per heavy atom. The second-order valence-electron chi connectivity index (χ2n) is 8.83. The summed E-state index contributed by atoms with van der Waals surface area (Å²) in [7, 11) is 0. The van der Waals surface area contributed by atoms with Crippen molar-refractivity contribution in [3.05, 3.63) is 112 Å². The van der Waals surface area contributed by atoms with Gasteiger partial charge in [-0.1, -0.05) is 66.2 Å². The highest BCUT2D eigenvalue weighted by Crippen LogP contribution is 2.29. The number of anilines is 1. The second-order valence-corrected chi connectivity index (χ2v) is 9.26. The third-order valence-electron chi connectivity index (χ3n) is 6.36. The molecule has 7 heteroatoms. The van der Waals surface area contributed by atoms with Crippen molar-refractivity contribution in [2.24, 2.45) is 0 Å². The molecule has 6 nitrogen and oxygen atoms in total. The van der Waals surface area contributed by atoms with Gasteiger partial charge in [0.2, 0.25) is 0 Å². The minimum Gasteiger partial charge on any atom is -0.489 e. The second kappa shape index (κ2) is 9.91. The highest BCUT2D eigenvalue weighted by Gasteiger charge is 2.37. The van der Waals surface area contributed by atoms with Crippen LogP contribution in [0, 0.1) is 13.8 Å². The van der Waals surface area contributed by atoms with Crippen LogP contribution in [0.15, 0.2) is 84.4 Å². The van der Waals surface area contributed by atoms with Gasteiger partial charge in [0, 0.05) is 10.6 Å². The lowest BCUT2D eigenvalue weighted by Crippen LogP contribution is -2.54. The molecule has 0 radical (unpaired) electrons. The van der Waals surface area contributed by atoms with Gasteiger partial charge in [0.05, 0.1) is 5.69 Å². The van der Waals surface area contributed by atoms with Gasteiger partial charge >= 0.3 is 6.03 Å². The summed E-state index contributed by atoms with van der Waals surface area (Å²) >= 11 is 6.08. The largest absolute Gasteiger partial charge is 0.489 e. The summed E-state index contributed by atoms with van der Waals surface area (Å²) < 4.78 is 6.05. The fraction of sp³-hybridized carbons (Fsp3) is 0.100. The molecule has 4 aromatic rings. The van der Waals surface area contributed by atoms with Crippen LogP contribution in [0.3, 0.4) is 0 Å². The first-order valence-electron chi connectivity index (χ1n) is 11.7. The van der Waals surface area contributed by atoms with E-state index in [0.717, 1.165) is 26.8 Å². The average Bonchev–Trinajstić information content (AvgIpc) is 2.88. The van der Waals surface area contributed by atoms with E-state index in [9.17, 15) is 14.4 Å². The first kappa shape index (κ1) is 24.3. The molecule has 0 aliphatic carbocycles. The van der Waals surface area contributed by atoms with Gasteiger partial charge in [-0.3, -0.25) is 14.9 Å². The summed E-state index contributed by atoms with van der Waals surface area (Å²) in [5.41, 5.74) is 3.72. The number of hydrogen-bond acceptors (Lipinski definition) is 4. The Balaban J connectivity index is 1.37. The molecule has 1 aliphatic heterocycles. The molecule has 1 saturated heterocycles. The number of fused-ring (bicyclic) bond motifs is 1. The minimum atomic E-state index is -0.815. The molecule has 1 fully saturated rings. The third kappa shape index (κ3) is 4.84. The number of amides is 4. The summed E-state index contributed by atoms with van der Waals surface area (Å²) in [6, 6.07) is 23.5. The van der Waals surface area contributed by atoms with Gasteiger partial charge < -0.3 is 4.74 Å². The maximum Gasteiger partial charge on any atom is 0.335 e. The van der Waals surface area contributed by atoms with E-state index in [0.29, 0.717) is 34.2 Å². The van der Waals surface area contributed by atoms with Gasteiger partial charge in [-0.05, 0) is 71.7 Å². The molecule has 5 rings (SSSR count). The molecule has 0 spiro atoms. The number of nitrogens with one attached hydrogen (secondary N) is 1. The van der Waals surface area contributed by atoms with Crippen LogP contribution >= 0.6 is 11.6 Å². The van der Waals surface area contributed by atoms with E-state index >= 15 is 0 Å². The lowest BCUT2D eigenvalue weighted by Gasteiger charge is -2.27. The topological polar surface area (TPSA) is 75.7 Å². The molecular formula is C30H23ClN2O4. The van der Waals surface area contributed by atoms with Crippen LogP contribution in [-0.2, 0) is 16.2 Å². The third-order valence-corrected chi connectivity index (χ3v) is 6.60. The lowest BCUT2D eigenvalue weighted by molar-refractivity contribution is -0.122. The molecule has 37 heavy (non-hydrogen) atoms. The Morgan fingerprint density at radius 2 is 1.62 bits per heavy atom. The fourth-order valence-electron chi connectivity index (χ4n) is 4.32. The number of ether oxygens (including phenoxy) is 1. The summed E-state index contributed by atoms with van der Waals surface area (Å²) in [5, 5.41) is 4.92. The number of urea groups is 1. The molecule has 4 aromatic carbocycles. The van der Waals surface area contributed by atoms with Crippen LogP contribution in [0.1, 0.15) is 22.3 Å². The molecule has 0 atom stereocenters. The highest BCUT2D eigenvalue weighted by molar-refractivity contribution is 6.39. The highest BCUT2D eigenvalue weighted by atomic mass is 35.5. The maximum atomic E-state index is 13.2. The van der Waals surface area contributed by atoms with Gasteiger partial charge in [0.25, 0.3) is 11.8 Å². The SMILES string of the molecule is Cc1ccc(Cl)cc1N1C(=O)NC(=O)/C(=C\c2ccc(OCc3c(C)ccc4ccccc34)cc2)C1=O. The standard InChI is InChI=1S/C30H23ClN2O4/c1-18-7-11-21-5-3-4-6-24(21)26(18)17-37-23-13-9-20(10-14-23)15-25-28(34)32-30(36)33(29(25)35)27-16-22(31)12-8-19(27)2/h3-16H,17H2,1-2H3,(H,32,34,36)/b25-15+. The molecule has 1 N–H and O–H groups in total. The molecule has 4 amide bonds. The van der Waals surface area contributed by atoms with Crippen LogP contribution in [0.4, 0.5) is 10.5 Å². The van der Waals surface area contributed by atoms with Crippen LogP contribution in [0.2, 0.25) is 5.02 Å². The number of barbiturate groups is 1. The Bertz CT molecular complexity index is 1590. The van der Waals surface area contributed by atoms with Crippen LogP contribution in [0.5, 0.6) is 5.75 Å². The number of aryl methyl sites for hydroxylation is 2. The molecule has 1 heterocycles. The predicted octanol–water partition coefficient (Wildman–Crippen LogP) is 6.36. The monoisotopic (exact) mass is 510 g/mol. The van der Waals surface area contributed by atoms with E-state index in [-0.39, 0.29) is 5.57 Å². The van der Waals surface area contributed by atoms with Crippen molar-refractivity contribution < 1.29 is 19.1 Å². The van der Waals surface area contributed by atoms with Gasteiger partial charge in [0.15, 0.2) is 0 Å². The lowest BCUT2D eigenvalue weighted by atomic mass is 10.0. The van der Waals surface area contributed by atoms with Crippen molar-refractivity contribution in [2.75, 3.05) is 4.90 Å². The van der Waals surface area contributed by atoms with Gasteiger partial charge in [-0.15, -0.1) is 0 Å². The van der Waals surface area contributed by atoms with E-state index in [4.69, 9.17) is 16.3 Å². The molecular weight excluding hydrogens is 488 g/mol. The molecule has 1 aliphatic rings. The first-order chi connectivity index (χ1) is 17.8. The molecule has 184 valence electrons. The van der Waals surface area contributed by atoms with E-state index in [1.54, 1.807) is 43.3 Å². The summed E-state index contributed by atoms with van der Waals surface area (Å²) in [6.45, 7) is 4.22. The number of hydrogen-bond donors (Lipinski definition) is 1. The summed E-state index contributed by atoms with van der Waals surface area (Å²) in [5.74, 6) is -0.816. The number of carbonyl (C=O) groups is 3. The predicted molar refractivity (Wildman–Crippen MR) is 145 cm³/mol. The normalized spacial score (nSPS) is 14.8. The minimum absolute atomic E-state index is 0.154. The Hall–Kier alpha value is -4.42. The van der Waals surface area contributed by atoms with Crippen molar-refractivity contribution >= 4 is 52.0 Å². The summed E-state index contributed by atoms with van der Waals surface area (Å²) in [4.78, 5) is 39.1. The average molecular weight is 511 g/mol. The Morgan fingerprint density at radius 3 is 2.41 bits per heavy atom. The van der Waals surface area contributed by atoms with Crippen molar-refractivity contribution in [1.29, 1.82) is 0 Å². The van der Waals surface area contributed by atoms with Crippen molar-refractivity contribution in [3.8, 4) is 5.75 Å². The van der Waals surface area contributed by atoms with Gasteiger partial charge in [-0.25, -0.2) is 9.69 Å². The van der Waals surface area contributed by atoms with E-state index in [2.05, 4.69) is 36.5 Å². The maximum absolute atomic E-state index is 13.2. The van der Waals surface area contributed by atoms with Crippen molar-refractivity contribution in [2.45, 2.75) is 20.5 Å². The number of imide groups is 2. The van der Waals surface area contributed by atoms with Crippen molar-refractivity contribution in [1.82, 2.24) is 5.32 Å².